The number of benzene rings is 2. The molecule has 0 radical (unpaired) electrons. The third-order valence-corrected chi connectivity index (χ3v) is 7.02. The fourth-order valence-electron chi connectivity index (χ4n) is 4.58. The number of aryl methyl sites for hydroxylation is 2. The fraction of sp³-hybridized carbons (Fsp3) is 0.353. The van der Waals surface area contributed by atoms with E-state index < -0.39 is 23.3 Å². The van der Waals surface area contributed by atoms with E-state index in [4.69, 9.17) is 9.97 Å². The van der Waals surface area contributed by atoms with Crippen molar-refractivity contribution in [3.63, 3.8) is 0 Å². The van der Waals surface area contributed by atoms with E-state index in [0.29, 0.717) is 24.2 Å². The average molecular weight is 549 g/mol. The van der Waals surface area contributed by atoms with E-state index in [2.05, 4.69) is 53.7 Å². The summed E-state index contributed by atoms with van der Waals surface area (Å²) in [5.74, 6) is -2.52. The normalized spacial score (nSPS) is 12.2. The van der Waals surface area contributed by atoms with Crippen LogP contribution in [0.25, 0.3) is 22.5 Å². The van der Waals surface area contributed by atoms with Crippen molar-refractivity contribution in [1.82, 2.24) is 9.97 Å². The van der Waals surface area contributed by atoms with Crippen molar-refractivity contribution in [2.45, 2.75) is 78.1 Å². The standard InChI is InChI=1S/C34H36F4N2/c1-33(2,3)21-15-25(39-31(17-21)27-13-11-23(35)19-29(27)37)9-7-8-10-26-16-22(34(4,5)6)18-32(40-26)28-14-12-24(36)20-30(28)38/h11-20H,7-10H2,1-6H3. The molecule has 2 heterocycles. The minimum atomic E-state index is -0.636. The summed E-state index contributed by atoms with van der Waals surface area (Å²) in [5, 5.41) is 0. The van der Waals surface area contributed by atoms with Crippen molar-refractivity contribution in [3.8, 4) is 22.5 Å². The largest absolute Gasteiger partial charge is 0.253 e. The van der Waals surface area contributed by atoms with Gasteiger partial charge in [-0.05, 0) is 96.2 Å². The Bertz CT molecular complexity index is 1400. The summed E-state index contributed by atoms with van der Waals surface area (Å²) >= 11 is 0. The van der Waals surface area contributed by atoms with Crippen LogP contribution in [0.3, 0.4) is 0 Å². The summed E-state index contributed by atoms with van der Waals surface area (Å²) in [5.41, 5.74) is 4.93. The van der Waals surface area contributed by atoms with Gasteiger partial charge in [-0.15, -0.1) is 0 Å². The van der Waals surface area contributed by atoms with Gasteiger partial charge in [0.05, 0.1) is 11.4 Å². The van der Waals surface area contributed by atoms with Crippen LogP contribution in [-0.2, 0) is 23.7 Å². The predicted octanol–water partition coefficient (Wildman–Crippen LogP) is 9.53. The highest BCUT2D eigenvalue weighted by Gasteiger charge is 2.20. The molecular weight excluding hydrogens is 512 g/mol. The summed E-state index contributed by atoms with van der Waals surface area (Å²) < 4.78 is 56.2. The van der Waals surface area contributed by atoms with E-state index in [-0.39, 0.29) is 22.0 Å². The van der Waals surface area contributed by atoms with Gasteiger partial charge >= 0.3 is 0 Å². The van der Waals surface area contributed by atoms with Crippen LogP contribution >= 0.6 is 0 Å². The summed E-state index contributed by atoms with van der Waals surface area (Å²) in [6, 6.07) is 15.0. The lowest BCUT2D eigenvalue weighted by molar-refractivity contribution is 0.581. The molecule has 210 valence electrons. The van der Waals surface area contributed by atoms with Crippen LogP contribution in [0.5, 0.6) is 0 Å². The molecule has 0 spiro atoms. The SMILES string of the molecule is CC(C)(C)c1cc(CCCCc2cc(C(C)(C)C)cc(-c3ccc(F)cc3F)n2)nc(-c2ccc(F)cc2F)c1. The van der Waals surface area contributed by atoms with Gasteiger partial charge in [0.15, 0.2) is 0 Å². The topological polar surface area (TPSA) is 25.8 Å². The Balaban J connectivity index is 1.55. The lowest BCUT2D eigenvalue weighted by atomic mass is 9.85. The Kier molecular flexibility index (Phi) is 8.48. The summed E-state index contributed by atoms with van der Waals surface area (Å²) in [7, 11) is 0. The first-order valence-corrected chi connectivity index (χ1v) is 13.6. The molecule has 0 aliphatic carbocycles. The molecule has 0 aliphatic rings. The zero-order chi connectivity index (χ0) is 29.2. The molecule has 0 saturated carbocycles. The lowest BCUT2D eigenvalue weighted by Gasteiger charge is -2.21. The molecule has 2 nitrogen and oxygen atoms in total. The Morgan fingerprint density at radius 1 is 0.525 bits per heavy atom. The second-order valence-electron chi connectivity index (χ2n) is 12.4. The molecule has 2 aromatic heterocycles. The molecule has 0 fully saturated rings. The maximum atomic E-state index is 14.6. The van der Waals surface area contributed by atoms with Crippen LogP contribution < -0.4 is 0 Å². The van der Waals surface area contributed by atoms with Crippen molar-refractivity contribution in [3.05, 3.63) is 106 Å². The molecule has 0 saturated heterocycles. The van der Waals surface area contributed by atoms with Crippen LogP contribution in [0.2, 0.25) is 0 Å². The van der Waals surface area contributed by atoms with E-state index in [9.17, 15) is 17.6 Å². The number of pyridine rings is 2. The van der Waals surface area contributed by atoms with Crippen LogP contribution in [0, 0.1) is 23.3 Å². The molecular formula is C34H36F4N2. The smallest absolute Gasteiger partial charge is 0.135 e. The molecule has 0 bridgehead atoms. The van der Waals surface area contributed by atoms with E-state index in [1.165, 1.54) is 24.3 Å². The van der Waals surface area contributed by atoms with Gasteiger partial charge in [0.2, 0.25) is 0 Å². The Morgan fingerprint density at radius 3 is 1.23 bits per heavy atom. The molecule has 0 amide bonds. The van der Waals surface area contributed by atoms with E-state index >= 15 is 0 Å². The Labute approximate surface area is 234 Å². The highest BCUT2D eigenvalue weighted by Crippen LogP contribution is 2.31. The van der Waals surface area contributed by atoms with Gasteiger partial charge in [-0.3, -0.25) is 9.97 Å². The maximum absolute atomic E-state index is 14.6. The number of nitrogens with zero attached hydrogens (tertiary/aromatic N) is 2. The van der Waals surface area contributed by atoms with E-state index in [0.717, 1.165) is 47.5 Å². The molecule has 6 heteroatoms. The van der Waals surface area contributed by atoms with Crippen molar-refractivity contribution < 1.29 is 17.6 Å². The maximum Gasteiger partial charge on any atom is 0.135 e. The van der Waals surface area contributed by atoms with Crippen LogP contribution in [0.15, 0.2) is 60.7 Å². The van der Waals surface area contributed by atoms with Gasteiger partial charge < -0.3 is 0 Å². The number of hydrogen-bond acceptors (Lipinski definition) is 2. The highest BCUT2D eigenvalue weighted by atomic mass is 19.1. The average Bonchev–Trinajstić information content (AvgIpc) is 2.85. The summed E-state index contributed by atoms with van der Waals surface area (Å²) in [4.78, 5) is 9.44. The van der Waals surface area contributed by atoms with Gasteiger partial charge in [-0.2, -0.15) is 0 Å². The molecule has 0 aliphatic heterocycles. The van der Waals surface area contributed by atoms with Gasteiger partial charge in [0.1, 0.15) is 23.3 Å². The number of aromatic nitrogens is 2. The number of unbranched alkanes of at least 4 members (excludes halogenated alkanes) is 1. The Morgan fingerprint density at radius 2 is 0.900 bits per heavy atom. The third-order valence-electron chi connectivity index (χ3n) is 7.02. The lowest BCUT2D eigenvalue weighted by Crippen LogP contribution is -2.13. The summed E-state index contributed by atoms with van der Waals surface area (Å²) in [6.45, 7) is 12.5. The first-order valence-electron chi connectivity index (χ1n) is 13.6. The van der Waals surface area contributed by atoms with Crippen LogP contribution in [0.4, 0.5) is 17.6 Å². The number of hydrogen-bond donors (Lipinski definition) is 0. The van der Waals surface area contributed by atoms with Crippen molar-refractivity contribution in [1.29, 1.82) is 0 Å². The third kappa shape index (κ3) is 7.15. The number of halogens is 4. The first kappa shape index (κ1) is 29.4. The molecule has 0 N–H and O–H groups in total. The minimum absolute atomic E-state index is 0.174. The second-order valence-corrected chi connectivity index (χ2v) is 12.4. The summed E-state index contributed by atoms with van der Waals surface area (Å²) in [6.07, 6.45) is 2.98. The minimum Gasteiger partial charge on any atom is -0.253 e. The van der Waals surface area contributed by atoms with Gasteiger partial charge in [0.25, 0.3) is 0 Å². The van der Waals surface area contributed by atoms with Crippen LogP contribution in [-0.4, -0.2) is 9.97 Å². The van der Waals surface area contributed by atoms with Crippen molar-refractivity contribution in [2.24, 2.45) is 0 Å². The molecule has 4 rings (SSSR count). The van der Waals surface area contributed by atoms with E-state index in [1.54, 1.807) is 0 Å². The van der Waals surface area contributed by atoms with Crippen molar-refractivity contribution in [2.75, 3.05) is 0 Å². The predicted molar refractivity (Wildman–Crippen MR) is 153 cm³/mol. The van der Waals surface area contributed by atoms with Gasteiger partial charge in [0, 0.05) is 34.6 Å². The van der Waals surface area contributed by atoms with Gasteiger partial charge in [-0.25, -0.2) is 17.6 Å². The molecule has 0 unspecified atom stereocenters. The second kappa shape index (κ2) is 11.5. The van der Waals surface area contributed by atoms with Gasteiger partial charge in [-0.1, -0.05) is 41.5 Å². The van der Waals surface area contributed by atoms with E-state index in [1.807, 2.05) is 12.1 Å². The zero-order valence-electron chi connectivity index (χ0n) is 24.0. The molecule has 4 aromatic rings. The molecule has 2 aromatic carbocycles. The van der Waals surface area contributed by atoms with Crippen LogP contribution in [0.1, 0.15) is 76.9 Å². The zero-order valence-corrected chi connectivity index (χ0v) is 24.0. The fourth-order valence-corrected chi connectivity index (χ4v) is 4.58. The Hall–Kier alpha value is -3.54. The monoisotopic (exact) mass is 548 g/mol. The quantitative estimate of drug-likeness (QED) is 0.170. The highest BCUT2D eigenvalue weighted by molar-refractivity contribution is 5.62. The van der Waals surface area contributed by atoms with Crippen molar-refractivity contribution >= 4 is 0 Å². The molecule has 0 atom stereocenters. The first-order chi connectivity index (χ1) is 18.7. The molecule has 40 heavy (non-hydrogen) atoms. The number of rotatable bonds is 7.